The summed E-state index contributed by atoms with van der Waals surface area (Å²) in [4.78, 5) is 0. The number of rotatable bonds is 3. The first kappa shape index (κ1) is 12.8. The van der Waals surface area contributed by atoms with E-state index in [-0.39, 0.29) is 0 Å². The van der Waals surface area contributed by atoms with Crippen molar-refractivity contribution >= 4 is 21.7 Å². The van der Waals surface area contributed by atoms with Crippen LogP contribution in [0.4, 0.5) is 5.82 Å². The summed E-state index contributed by atoms with van der Waals surface area (Å²) in [6.07, 6.45) is 0. The van der Waals surface area contributed by atoms with Crippen molar-refractivity contribution in [1.82, 2.24) is 10.2 Å². The largest absolute Gasteiger partial charge is 0.493 e. The fraction of sp³-hybridized carbons (Fsp3) is 0.250. The highest BCUT2D eigenvalue weighted by atomic mass is 79.9. The summed E-state index contributed by atoms with van der Waals surface area (Å²) in [7, 11) is 3.22. The van der Waals surface area contributed by atoms with Crippen LogP contribution in [0.3, 0.4) is 0 Å². The van der Waals surface area contributed by atoms with E-state index < -0.39 is 0 Å². The van der Waals surface area contributed by atoms with Crippen molar-refractivity contribution in [1.29, 1.82) is 0 Å². The Morgan fingerprint density at radius 1 is 1.28 bits per heavy atom. The van der Waals surface area contributed by atoms with Crippen molar-refractivity contribution in [2.24, 2.45) is 0 Å². The molecule has 3 N–H and O–H groups in total. The van der Waals surface area contributed by atoms with Gasteiger partial charge in [0, 0.05) is 21.7 Å². The second-order valence-electron chi connectivity index (χ2n) is 3.80. The third kappa shape index (κ3) is 2.03. The van der Waals surface area contributed by atoms with E-state index in [2.05, 4.69) is 26.1 Å². The summed E-state index contributed by atoms with van der Waals surface area (Å²) in [6, 6.07) is 3.64. The molecule has 2 aromatic rings. The predicted molar refractivity (Wildman–Crippen MR) is 74.0 cm³/mol. The molecule has 0 aliphatic carbocycles. The molecule has 96 valence electrons. The van der Waals surface area contributed by atoms with Crippen molar-refractivity contribution in [3.8, 4) is 22.8 Å². The van der Waals surface area contributed by atoms with Gasteiger partial charge in [0.25, 0.3) is 0 Å². The van der Waals surface area contributed by atoms with Crippen LogP contribution in [0, 0.1) is 6.92 Å². The lowest BCUT2D eigenvalue weighted by Gasteiger charge is -2.15. The molecule has 0 fully saturated rings. The quantitative estimate of drug-likeness (QED) is 0.914. The molecule has 0 atom stereocenters. The second-order valence-corrected chi connectivity index (χ2v) is 4.65. The monoisotopic (exact) mass is 311 g/mol. The van der Waals surface area contributed by atoms with Crippen molar-refractivity contribution < 1.29 is 9.47 Å². The van der Waals surface area contributed by atoms with Crippen molar-refractivity contribution in [2.45, 2.75) is 6.92 Å². The molecule has 0 unspecified atom stereocenters. The molecule has 0 aliphatic heterocycles. The maximum absolute atomic E-state index is 5.63. The average Bonchev–Trinajstić information content (AvgIpc) is 2.75. The lowest BCUT2D eigenvalue weighted by atomic mass is 10.0. The zero-order valence-electron chi connectivity index (χ0n) is 10.4. The molecule has 1 aromatic carbocycles. The van der Waals surface area contributed by atoms with Gasteiger partial charge < -0.3 is 15.2 Å². The molecular weight excluding hydrogens is 298 g/mol. The predicted octanol–water partition coefficient (Wildman–Crippen LogP) is 2.75. The summed E-state index contributed by atoms with van der Waals surface area (Å²) < 4.78 is 11.6. The number of methoxy groups -OCH3 is 2. The minimum atomic E-state index is 0.450. The Morgan fingerprint density at radius 3 is 2.50 bits per heavy atom. The van der Waals surface area contributed by atoms with Gasteiger partial charge in [0.2, 0.25) is 0 Å². The van der Waals surface area contributed by atoms with Crippen LogP contribution >= 0.6 is 15.9 Å². The van der Waals surface area contributed by atoms with Crippen LogP contribution in [0.25, 0.3) is 11.3 Å². The van der Waals surface area contributed by atoms with E-state index in [0.717, 1.165) is 21.3 Å². The summed E-state index contributed by atoms with van der Waals surface area (Å²) in [5.74, 6) is 1.83. The van der Waals surface area contributed by atoms with Crippen LogP contribution in [0.15, 0.2) is 16.6 Å². The van der Waals surface area contributed by atoms with E-state index in [1.54, 1.807) is 20.3 Å². The number of aromatic amines is 1. The summed E-state index contributed by atoms with van der Waals surface area (Å²) >= 11 is 3.52. The molecule has 0 radical (unpaired) electrons. The number of halogens is 1. The first-order chi connectivity index (χ1) is 8.58. The Labute approximate surface area is 113 Å². The standard InChI is InChI=1S/C12H14BrN3O2/c1-6-11(8-5-10(14)16-15-8)7(13)4-9(17-2)12(6)18-3/h4-5H,1-3H3,(H3,14,15,16). The number of hydrogen-bond donors (Lipinski definition) is 2. The fourth-order valence-electron chi connectivity index (χ4n) is 1.93. The lowest BCUT2D eigenvalue weighted by molar-refractivity contribution is 0.353. The first-order valence-corrected chi connectivity index (χ1v) is 6.10. The molecule has 1 aromatic heterocycles. The molecule has 18 heavy (non-hydrogen) atoms. The number of nitrogen functional groups attached to an aromatic ring is 1. The average molecular weight is 312 g/mol. The van der Waals surface area contributed by atoms with E-state index in [1.807, 2.05) is 13.0 Å². The van der Waals surface area contributed by atoms with Gasteiger partial charge in [-0.05, 0) is 28.9 Å². The van der Waals surface area contributed by atoms with Gasteiger partial charge >= 0.3 is 0 Å². The third-order valence-electron chi connectivity index (χ3n) is 2.73. The van der Waals surface area contributed by atoms with Crippen molar-refractivity contribution in [3.63, 3.8) is 0 Å². The van der Waals surface area contributed by atoms with Gasteiger partial charge in [0.15, 0.2) is 11.5 Å². The zero-order chi connectivity index (χ0) is 13.3. The van der Waals surface area contributed by atoms with Crippen LogP contribution in [0.5, 0.6) is 11.5 Å². The van der Waals surface area contributed by atoms with Gasteiger partial charge in [-0.2, -0.15) is 5.10 Å². The third-order valence-corrected chi connectivity index (χ3v) is 3.35. The Kier molecular flexibility index (Phi) is 3.47. The number of aromatic nitrogens is 2. The van der Waals surface area contributed by atoms with Crippen LogP contribution in [-0.4, -0.2) is 24.4 Å². The number of nitrogens with zero attached hydrogens (tertiary/aromatic N) is 1. The highest BCUT2D eigenvalue weighted by Crippen LogP contribution is 2.42. The zero-order valence-corrected chi connectivity index (χ0v) is 12.0. The molecule has 6 heteroatoms. The smallest absolute Gasteiger partial charge is 0.164 e. The SMILES string of the molecule is COc1cc(Br)c(-c2cc(N)n[nH]2)c(C)c1OC. The van der Waals surface area contributed by atoms with Crippen LogP contribution < -0.4 is 15.2 Å². The second kappa shape index (κ2) is 4.89. The molecule has 2 rings (SSSR count). The summed E-state index contributed by atoms with van der Waals surface area (Å²) in [5, 5.41) is 6.82. The highest BCUT2D eigenvalue weighted by Gasteiger charge is 2.17. The van der Waals surface area contributed by atoms with Crippen LogP contribution in [-0.2, 0) is 0 Å². The minimum absolute atomic E-state index is 0.450. The van der Waals surface area contributed by atoms with E-state index in [4.69, 9.17) is 15.2 Å². The summed E-state index contributed by atoms with van der Waals surface area (Å²) in [5.41, 5.74) is 8.37. The molecule has 5 nitrogen and oxygen atoms in total. The number of nitrogens with one attached hydrogen (secondary N) is 1. The number of benzene rings is 1. The molecule has 0 saturated carbocycles. The molecule has 0 spiro atoms. The van der Waals surface area contributed by atoms with Gasteiger partial charge in [-0.25, -0.2) is 0 Å². The number of hydrogen-bond acceptors (Lipinski definition) is 4. The van der Waals surface area contributed by atoms with Gasteiger partial charge in [-0.1, -0.05) is 0 Å². The van der Waals surface area contributed by atoms with E-state index in [0.29, 0.717) is 17.3 Å². The van der Waals surface area contributed by atoms with Crippen LogP contribution in [0.2, 0.25) is 0 Å². The Morgan fingerprint density at radius 2 is 2.00 bits per heavy atom. The van der Waals surface area contributed by atoms with Crippen LogP contribution in [0.1, 0.15) is 5.56 Å². The normalized spacial score (nSPS) is 10.4. The van der Waals surface area contributed by atoms with E-state index >= 15 is 0 Å². The Hall–Kier alpha value is -1.69. The molecule has 0 aliphatic rings. The molecule has 0 bridgehead atoms. The number of ether oxygens (including phenoxy) is 2. The van der Waals surface area contributed by atoms with E-state index in [9.17, 15) is 0 Å². The summed E-state index contributed by atoms with van der Waals surface area (Å²) in [6.45, 7) is 1.96. The van der Waals surface area contributed by atoms with E-state index in [1.165, 1.54) is 0 Å². The molecule has 1 heterocycles. The highest BCUT2D eigenvalue weighted by molar-refractivity contribution is 9.10. The van der Waals surface area contributed by atoms with Gasteiger partial charge in [-0.15, -0.1) is 0 Å². The van der Waals surface area contributed by atoms with Gasteiger partial charge in [-0.3, -0.25) is 5.10 Å². The van der Waals surface area contributed by atoms with Crippen molar-refractivity contribution in [3.05, 3.63) is 22.2 Å². The maximum atomic E-state index is 5.63. The fourth-order valence-corrected chi connectivity index (χ4v) is 2.65. The maximum Gasteiger partial charge on any atom is 0.164 e. The van der Waals surface area contributed by atoms with Gasteiger partial charge in [0.1, 0.15) is 5.82 Å². The Bertz CT molecular complexity index is 581. The first-order valence-electron chi connectivity index (χ1n) is 5.30. The topological polar surface area (TPSA) is 73.2 Å². The number of anilines is 1. The molecule has 0 saturated heterocycles. The Balaban J connectivity index is 2.68. The minimum Gasteiger partial charge on any atom is -0.493 e. The lowest BCUT2D eigenvalue weighted by Crippen LogP contribution is -1.96. The number of nitrogens with two attached hydrogens (primary N) is 1. The van der Waals surface area contributed by atoms with Crippen molar-refractivity contribution in [2.75, 3.05) is 20.0 Å². The molecule has 0 amide bonds. The van der Waals surface area contributed by atoms with Gasteiger partial charge in [0.05, 0.1) is 19.9 Å². The molecular formula is C12H14BrN3O2. The number of H-pyrrole nitrogens is 1.